The molecule has 1 aromatic heterocycles. The molecule has 2 aromatic rings. The second kappa shape index (κ2) is 6.72. The standard InChI is InChI=1S/C15H21N3OS/c1-11(12-8-6-5-7-9-12)16-10-13-14(19-4)17-15(20-13)18(2)3/h5-9,11,16H,10H2,1-4H3. The van der Waals surface area contributed by atoms with Crippen molar-refractivity contribution in [1.29, 1.82) is 0 Å². The predicted octanol–water partition coefficient (Wildman–Crippen LogP) is 3.07. The SMILES string of the molecule is COc1nc(N(C)C)sc1CNC(C)c1ccccc1. The zero-order chi connectivity index (χ0) is 14.5. The highest BCUT2D eigenvalue weighted by Gasteiger charge is 2.14. The van der Waals surface area contributed by atoms with E-state index in [0.717, 1.165) is 16.6 Å². The van der Waals surface area contributed by atoms with Crippen LogP contribution in [0.25, 0.3) is 0 Å². The van der Waals surface area contributed by atoms with Gasteiger partial charge in [0, 0.05) is 26.7 Å². The normalized spacial score (nSPS) is 12.2. The first kappa shape index (κ1) is 14.8. The van der Waals surface area contributed by atoms with Gasteiger partial charge in [0.2, 0.25) is 5.88 Å². The topological polar surface area (TPSA) is 37.4 Å². The zero-order valence-corrected chi connectivity index (χ0v) is 13.2. The number of anilines is 1. The number of benzene rings is 1. The fourth-order valence-corrected chi connectivity index (χ4v) is 2.80. The second-order valence-electron chi connectivity index (χ2n) is 4.84. The van der Waals surface area contributed by atoms with Crippen molar-refractivity contribution in [2.75, 3.05) is 26.1 Å². The smallest absolute Gasteiger partial charge is 0.230 e. The Morgan fingerprint density at radius 3 is 2.60 bits per heavy atom. The molecule has 0 amide bonds. The van der Waals surface area contributed by atoms with Gasteiger partial charge < -0.3 is 15.0 Å². The Morgan fingerprint density at radius 2 is 2.00 bits per heavy atom. The van der Waals surface area contributed by atoms with Crippen molar-refractivity contribution in [3.8, 4) is 5.88 Å². The molecule has 1 unspecified atom stereocenters. The van der Waals surface area contributed by atoms with E-state index in [-0.39, 0.29) is 0 Å². The lowest BCUT2D eigenvalue weighted by atomic mass is 10.1. The number of ether oxygens (including phenoxy) is 1. The molecular formula is C15H21N3OS. The lowest BCUT2D eigenvalue weighted by Crippen LogP contribution is -2.17. The van der Waals surface area contributed by atoms with Crippen LogP contribution in [0.1, 0.15) is 23.4 Å². The molecule has 0 saturated carbocycles. The quantitative estimate of drug-likeness (QED) is 0.887. The minimum Gasteiger partial charge on any atom is -0.480 e. The van der Waals surface area contributed by atoms with Gasteiger partial charge in [-0.1, -0.05) is 41.7 Å². The number of thiazole rings is 1. The fourth-order valence-electron chi connectivity index (χ4n) is 1.89. The van der Waals surface area contributed by atoms with E-state index in [1.54, 1.807) is 18.4 Å². The number of rotatable bonds is 6. The van der Waals surface area contributed by atoms with Crippen LogP contribution in [0.15, 0.2) is 30.3 Å². The summed E-state index contributed by atoms with van der Waals surface area (Å²) in [5, 5.41) is 4.48. The Hall–Kier alpha value is -1.59. The first-order valence-electron chi connectivity index (χ1n) is 6.61. The van der Waals surface area contributed by atoms with Crippen molar-refractivity contribution in [3.05, 3.63) is 40.8 Å². The van der Waals surface area contributed by atoms with Gasteiger partial charge >= 0.3 is 0 Å². The zero-order valence-electron chi connectivity index (χ0n) is 12.4. The first-order chi connectivity index (χ1) is 9.61. The highest BCUT2D eigenvalue weighted by atomic mass is 32.1. The van der Waals surface area contributed by atoms with Gasteiger partial charge in [0.05, 0.1) is 12.0 Å². The van der Waals surface area contributed by atoms with E-state index in [1.165, 1.54) is 5.56 Å². The maximum atomic E-state index is 5.35. The summed E-state index contributed by atoms with van der Waals surface area (Å²) >= 11 is 1.66. The van der Waals surface area contributed by atoms with Crippen LogP contribution in [0.3, 0.4) is 0 Å². The summed E-state index contributed by atoms with van der Waals surface area (Å²) < 4.78 is 5.35. The molecule has 0 saturated heterocycles. The van der Waals surface area contributed by atoms with Gasteiger partial charge in [-0.05, 0) is 12.5 Å². The number of nitrogens with one attached hydrogen (secondary N) is 1. The molecule has 0 aliphatic carbocycles. The summed E-state index contributed by atoms with van der Waals surface area (Å²) in [4.78, 5) is 7.58. The maximum absolute atomic E-state index is 5.35. The number of aromatic nitrogens is 1. The van der Waals surface area contributed by atoms with E-state index in [4.69, 9.17) is 4.74 Å². The van der Waals surface area contributed by atoms with Crippen LogP contribution in [-0.4, -0.2) is 26.2 Å². The van der Waals surface area contributed by atoms with Crippen LogP contribution in [0.4, 0.5) is 5.13 Å². The average molecular weight is 291 g/mol. The number of hydrogen-bond acceptors (Lipinski definition) is 5. The van der Waals surface area contributed by atoms with Gasteiger partial charge in [0.15, 0.2) is 5.13 Å². The van der Waals surface area contributed by atoms with Gasteiger partial charge in [0.1, 0.15) is 0 Å². The van der Waals surface area contributed by atoms with Gasteiger partial charge in [-0.25, -0.2) is 0 Å². The van der Waals surface area contributed by atoms with Crippen molar-refractivity contribution < 1.29 is 4.74 Å². The summed E-state index contributed by atoms with van der Waals surface area (Å²) in [7, 11) is 5.64. The molecule has 1 atom stereocenters. The third-order valence-corrected chi connectivity index (χ3v) is 4.30. The molecule has 4 nitrogen and oxygen atoms in total. The summed E-state index contributed by atoms with van der Waals surface area (Å²) in [6.07, 6.45) is 0. The second-order valence-corrected chi connectivity index (χ2v) is 5.90. The van der Waals surface area contributed by atoms with Crippen molar-refractivity contribution in [3.63, 3.8) is 0 Å². The minimum absolute atomic E-state index is 0.297. The highest BCUT2D eigenvalue weighted by Crippen LogP contribution is 2.30. The van der Waals surface area contributed by atoms with Gasteiger partial charge in [-0.3, -0.25) is 0 Å². The molecular weight excluding hydrogens is 270 g/mol. The van der Waals surface area contributed by atoms with E-state index in [0.29, 0.717) is 11.9 Å². The Balaban J connectivity index is 2.03. The predicted molar refractivity (Wildman–Crippen MR) is 84.7 cm³/mol. The Morgan fingerprint density at radius 1 is 1.30 bits per heavy atom. The summed E-state index contributed by atoms with van der Waals surface area (Å²) in [5.74, 6) is 0.714. The average Bonchev–Trinajstić information content (AvgIpc) is 2.89. The molecule has 2 rings (SSSR count). The molecule has 108 valence electrons. The molecule has 0 radical (unpaired) electrons. The lowest BCUT2D eigenvalue weighted by Gasteiger charge is -2.13. The minimum atomic E-state index is 0.297. The van der Waals surface area contributed by atoms with Crippen molar-refractivity contribution in [2.45, 2.75) is 19.5 Å². The van der Waals surface area contributed by atoms with Crippen molar-refractivity contribution in [2.24, 2.45) is 0 Å². The van der Waals surface area contributed by atoms with E-state index < -0.39 is 0 Å². The van der Waals surface area contributed by atoms with Gasteiger partial charge in [-0.15, -0.1) is 0 Å². The monoisotopic (exact) mass is 291 g/mol. The van der Waals surface area contributed by atoms with E-state index in [2.05, 4.69) is 41.5 Å². The molecule has 0 spiro atoms. The van der Waals surface area contributed by atoms with Crippen molar-refractivity contribution >= 4 is 16.5 Å². The fraction of sp³-hybridized carbons (Fsp3) is 0.400. The van der Waals surface area contributed by atoms with Crippen molar-refractivity contribution in [1.82, 2.24) is 10.3 Å². The molecule has 0 fully saturated rings. The molecule has 20 heavy (non-hydrogen) atoms. The molecule has 1 aromatic carbocycles. The molecule has 5 heteroatoms. The summed E-state index contributed by atoms with van der Waals surface area (Å²) in [5.41, 5.74) is 1.28. The molecule has 0 aliphatic rings. The molecule has 1 heterocycles. The van der Waals surface area contributed by atoms with Crippen LogP contribution in [0.2, 0.25) is 0 Å². The summed E-state index contributed by atoms with van der Waals surface area (Å²) in [6, 6.07) is 10.7. The number of methoxy groups -OCH3 is 1. The Labute approximate surface area is 124 Å². The van der Waals surface area contributed by atoms with Crippen LogP contribution >= 0.6 is 11.3 Å². The largest absolute Gasteiger partial charge is 0.480 e. The van der Waals surface area contributed by atoms with Crippen LogP contribution in [0, 0.1) is 0 Å². The summed E-state index contributed by atoms with van der Waals surface area (Å²) in [6.45, 7) is 2.92. The number of hydrogen-bond donors (Lipinski definition) is 1. The van der Waals surface area contributed by atoms with Gasteiger partial charge in [0.25, 0.3) is 0 Å². The van der Waals surface area contributed by atoms with Gasteiger partial charge in [-0.2, -0.15) is 4.98 Å². The van der Waals surface area contributed by atoms with Crippen LogP contribution < -0.4 is 15.0 Å². The lowest BCUT2D eigenvalue weighted by molar-refractivity contribution is 0.393. The van der Waals surface area contributed by atoms with Crippen LogP contribution in [0.5, 0.6) is 5.88 Å². The van der Waals surface area contributed by atoms with E-state index >= 15 is 0 Å². The third-order valence-electron chi connectivity index (χ3n) is 3.09. The van der Waals surface area contributed by atoms with E-state index in [9.17, 15) is 0 Å². The Bertz CT molecular complexity index is 539. The number of nitrogens with zero attached hydrogens (tertiary/aromatic N) is 2. The first-order valence-corrected chi connectivity index (χ1v) is 7.42. The van der Waals surface area contributed by atoms with Crippen LogP contribution in [-0.2, 0) is 6.54 Å². The highest BCUT2D eigenvalue weighted by molar-refractivity contribution is 7.15. The maximum Gasteiger partial charge on any atom is 0.230 e. The molecule has 1 N–H and O–H groups in total. The third kappa shape index (κ3) is 3.49. The van der Waals surface area contributed by atoms with E-state index in [1.807, 2.05) is 25.1 Å². The molecule has 0 aliphatic heterocycles. The molecule has 0 bridgehead atoms. The Kier molecular flexibility index (Phi) is 4.98.